The predicted octanol–water partition coefficient (Wildman–Crippen LogP) is 3.96. The molecule has 0 saturated carbocycles. The molecule has 0 bridgehead atoms. The molecule has 0 aliphatic carbocycles. The summed E-state index contributed by atoms with van der Waals surface area (Å²) in [6, 6.07) is 12.5. The molecule has 3 aromatic rings. The number of nitrogens with one attached hydrogen (secondary N) is 1. The Kier molecular flexibility index (Phi) is 4.91. The van der Waals surface area contributed by atoms with Crippen molar-refractivity contribution in [2.24, 2.45) is 0 Å². The van der Waals surface area contributed by atoms with E-state index >= 15 is 0 Å². The average Bonchev–Trinajstić information content (AvgIpc) is 3.11. The highest BCUT2D eigenvalue weighted by molar-refractivity contribution is 5.37. The predicted molar refractivity (Wildman–Crippen MR) is 91.5 cm³/mol. The number of phenolic OH excluding ortho intramolecular Hbond substituents is 1. The number of phenols is 1. The Morgan fingerprint density at radius 3 is 2.75 bits per heavy atom. The first-order chi connectivity index (χ1) is 11.7. The lowest BCUT2D eigenvalue weighted by molar-refractivity contribution is 0.440. The minimum atomic E-state index is -0.289. The molecule has 3 rings (SSSR count). The number of rotatable bonds is 6. The number of hydrogen-bond acceptors (Lipinski definition) is 3. The number of halogens is 1. The average molecular weight is 325 g/mol. The van der Waals surface area contributed by atoms with E-state index in [1.807, 2.05) is 25.1 Å². The molecule has 1 heterocycles. The minimum Gasteiger partial charge on any atom is -0.508 e. The first kappa shape index (κ1) is 16.2. The Labute approximate surface area is 140 Å². The van der Waals surface area contributed by atoms with E-state index in [1.165, 1.54) is 6.07 Å². The van der Waals surface area contributed by atoms with Crippen LogP contribution in [0.2, 0.25) is 0 Å². The zero-order valence-electron chi connectivity index (χ0n) is 13.5. The van der Waals surface area contributed by atoms with Crippen molar-refractivity contribution in [3.8, 4) is 11.4 Å². The zero-order chi connectivity index (χ0) is 16.9. The third-order valence-electron chi connectivity index (χ3n) is 4.07. The standard InChI is InChI=1S/C19H20FN3O/c1-2-17(15-5-3-4-6-19(15)24)22-12-14-7-8-18(16(20)11-14)23-10-9-21-13-23/h3-11,13,17,22,24H,2,12H2,1H3/t17-/m1/s1. The van der Waals surface area contributed by atoms with Gasteiger partial charge in [0.2, 0.25) is 0 Å². The normalized spacial score (nSPS) is 12.2. The lowest BCUT2D eigenvalue weighted by atomic mass is 10.0. The van der Waals surface area contributed by atoms with Crippen LogP contribution in [-0.2, 0) is 6.54 Å². The van der Waals surface area contributed by atoms with Crippen LogP contribution < -0.4 is 5.32 Å². The monoisotopic (exact) mass is 325 g/mol. The number of benzene rings is 2. The van der Waals surface area contributed by atoms with E-state index in [9.17, 15) is 9.50 Å². The molecule has 4 nitrogen and oxygen atoms in total. The lowest BCUT2D eigenvalue weighted by Gasteiger charge is -2.19. The van der Waals surface area contributed by atoms with E-state index in [1.54, 1.807) is 41.5 Å². The van der Waals surface area contributed by atoms with Crippen molar-refractivity contribution < 1.29 is 9.50 Å². The first-order valence-electron chi connectivity index (χ1n) is 7.97. The highest BCUT2D eigenvalue weighted by Gasteiger charge is 2.13. The van der Waals surface area contributed by atoms with E-state index in [4.69, 9.17) is 0 Å². The van der Waals surface area contributed by atoms with Gasteiger partial charge in [0.15, 0.2) is 0 Å². The largest absolute Gasteiger partial charge is 0.508 e. The fraction of sp³-hybridized carbons (Fsp3) is 0.211. The number of imidazole rings is 1. The molecule has 0 saturated heterocycles. The van der Waals surface area contributed by atoms with Crippen LogP contribution in [0.4, 0.5) is 4.39 Å². The fourth-order valence-electron chi connectivity index (χ4n) is 2.77. The van der Waals surface area contributed by atoms with Gasteiger partial charge in [-0.15, -0.1) is 0 Å². The fourth-order valence-corrected chi connectivity index (χ4v) is 2.77. The molecule has 0 unspecified atom stereocenters. The second kappa shape index (κ2) is 7.27. The van der Waals surface area contributed by atoms with Crippen LogP contribution in [0.1, 0.15) is 30.5 Å². The Morgan fingerprint density at radius 2 is 2.08 bits per heavy atom. The third-order valence-corrected chi connectivity index (χ3v) is 4.07. The summed E-state index contributed by atoms with van der Waals surface area (Å²) >= 11 is 0. The molecule has 2 N–H and O–H groups in total. The Hall–Kier alpha value is -2.66. The maximum Gasteiger partial charge on any atom is 0.147 e. The summed E-state index contributed by atoms with van der Waals surface area (Å²) in [4.78, 5) is 3.93. The second-order valence-electron chi connectivity index (χ2n) is 5.66. The van der Waals surface area contributed by atoms with E-state index in [0.29, 0.717) is 12.2 Å². The van der Waals surface area contributed by atoms with Crippen LogP contribution in [0.15, 0.2) is 61.2 Å². The summed E-state index contributed by atoms with van der Waals surface area (Å²) < 4.78 is 15.9. The van der Waals surface area contributed by atoms with Crippen molar-refractivity contribution >= 4 is 0 Å². The topological polar surface area (TPSA) is 50.1 Å². The maximum atomic E-state index is 14.3. The van der Waals surface area contributed by atoms with Crippen molar-refractivity contribution in [2.45, 2.75) is 25.9 Å². The summed E-state index contributed by atoms with van der Waals surface area (Å²) in [5.74, 6) is -0.0126. The number of nitrogens with zero attached hydrogens (tertiary/aromatic N) is 2. The molecule has 0 aliphatic heterocycles. The van der Waals surface area contributed by atoms with E-state index in [0.717, 1.165) is 17.5 Å². The Balaban J connectivity index is 1.72. The van der Waals surface area contributed by atoms with Gasteiger partial charge >= 0.3 is 0 Å². The Bertz CT molecular complexity index is 802. The van der Waals surface area contributed by atoms with Crippen molar-refractivity contribution in [2.75, 3.05) is 0 Å². The molecule has 0 aliphatic rings. The van der Waals surface area contributed by atoms with Gasteiger partial charge in [-0.3, -0.25) is 0 Å². The van der Waals surface area contributed by atoms with E-state index in [-0.39, 0.29) is 17.6 Å². The van der Waals surface area contributed by atoms with Crippen LogP contribution in [0.5, 0.6) is 5.75 Å². The van der Waals surface area contributed by atoms with Crippen LogP contribution in [0.3, 0.4) is 0 Å². The van der Waals surface area contributed by atoms with Crippen LogP contribution in [0, 0.1) is 5.82 Å². The van der Waals surface area contributed by atoms with E-state index in [2.05, 4.69) is 10.3 Å². The summed E-state index contributed by atoms with van der Waals surface area (Å²) in [5.41, 5.74) is 2.18. The number of hydrogen-bond donors (Lipinski definition) is 2. The van der Waals surface area contributed by atoms with Gasteiger partial charge in [0, 0.05) is 30.5 Å². The highest BCUT2D eigenvalue weighted by atomic mass is 19.1. The molecular formula is C19H20FN3O. The molecule has 1 atom stereocenters. The molecule has 5 heteroatoms. The van der Waals surface area contributed by atoms with Gasteiger partial charge in [-0.25, -0.2) is 9.37 Å². The number of aromatic hydroxyl groups is 1. The summed E-state index contributed by atoms with van der Waals surface area (Å²) in [5, 5.41) is 13.4. The smallest absolute Gasteiger partial charge is 0.147 e. The summed E-state index contributed by atoms with van der Waals surface area (Å²) in [6.45, 7) is 2.57. The van der Waals surface area contributed by atoms with Crippen molar-refractivity contribution in [3.05, 3.63) is 78.1 Å². The third kappa shape index (κ3) is 3.46. The van der Waals surface area contributed by atoms with Gasteiger partial charge in [-0.2, -0.15) is 0 Å². The van der Waals surface area contributed by atoms with Crippen molar-refractivity contribution in [1.29, 1.82) is 0 Å². The SMILES string of the molecule is CC[C@@H](NCc1ccc(-n2ccnc2)c(F)c1)c1ccccc1O. The molecular weight excluding hydrogens is 305 g/mol. The van der Waals surface area contributed by atoms with Crippen LogP contribution >= 0.6 is 0 Å². The lowest BCUT2D eigenvalue weighted by Crippen LogP contribution is -2.20. The molecule has 124 valence electrons. The Morgan fingerprint density at radius 1 is 1.25 bits per heavy atom. The molecule has 2 aromatic carbocycles. The van der Waals surface area contributed by atoms with Gasteiger partial charge in [0.05, 0.1) is 12.0 Å². The molecule has 0 radical (unpaired) electrons. The highest BCUT2D eigenvalue weighted by Crippen LogP contribution is 2.26. The second-order valence-corrected chi connectivity index (χ2v) is 5.66. The first-order valence-corrected chi connectivity index (χ1v) is 7.97. The van der Waals surface area contributed by atoms with Crippen LogP contribution in [0.25, 0.3) is 5.69 Å². The van der Waals surface area contributed by atoms with Crippen molar-refractivity contribution in [3.63, 3.8) is 0 Å². The van der Waals surface area contributed by atoms with Gasteiger partial charge in [0.1, 0.15) is 11.6 Å². The van der Waals surface area contributed by atoms with Gasteiger partial charge < -0.3 is 15.0 Å². The minimum absolute atomic E-state index is 0.0163. The van der Waals surface area contributed by atoms with E-state index < -0.39 is 0 Å². The quantitative estimate of drug-likeness (QED) is 0.721. The van der Waals surface area contributed by atoms with Crippen LogP contribution in [-0.4, -0.2) is 14.7 Å². The number of para-hydroxylation sites is 1. The number of aromatic nitrogens is 2. The molecule has 0 amide bonds. The molecule has 0 fully saturated rings. The van der Waals surface area contributed by atoms with Gasteiger partial charge in [-0.1, -0.05) is 31.2 Å². The van der Waals surface area contributed by atoms with Crippen molar-refractivity contribution in [1.82, 2.24) is 14.9 Å². The summed E-state index contributed by atoms with van der Waals surface area (Å²) in [6.07, 6.45) is 5.73. The molecule has 1 aromatic heterocycles. The maximum absolute atomic E-state index is 14.3. The molecule has 24 heavy (non-hydrogen) atoms. The van der Waals surface area contributed by atoms with Gasteiger partial charge in [0.25, 0.3) is 0 Å². The summed E-state index contributed by atoms with van der Waals surface area (Å²) in [7, 11) is 0. The van der Waals surface area contributed by atoms with Gasteiger partial charge in [-0.05, 0) is 30.2 Å². The zero-order valence-corrected chi connectivity index (χ0v) is 13.5. The molecule has 0 spiro atoms.